The van der Waals surface area contributed by atoms with Gasteiger partial charge in [0.25, 0.3) is 10.0 Å². The van der Waals surface area contributed by atoms with Gasteiger partial charge in [0.05, 0.1) is 10.2 Å². The van der Waals surface area contributed by atoms with Crippen molar-refractivity contribution in [3.8, 4) is 0 Å². The van der Waals surface area contributed by atoms with Crippen LogP contribution in [0.15, 0.2) is 38.2 Å². The van der Waals surface area contributed by atoms with Crippen molar-refractivity contribution >= 4 is 37.6 Å². The van der Waals surface area contributed by atoms with Crippen molar-refractivity contribution < 1.29 is 27.1 Å². The van der Waals surface area contributed by atoms with Gasteiger partial charge in [-0.15, -0.1) is 0 Å². The molecule has 1 aromatic heterocycles. The molecule has 2 N–H and O–H groups in total. The van der Waals surface area contributed by atoms with Crippen LogP contribution >= 0.6 is 15.9 Å². The van der Waals surface area contributed by atoms with Crippen LogP contribution in [0.5, 0.6) is 0 Å². The zero-order valence-electron chi connectivity index (χ0n) is 10.6. The Morgan fingerprint density at radius 3 is 2.62 bits per heavy atom. The lowest BCUT2D eigenvalue weighted by Crippen LogP contribution is -2.13. The van der Waals surface area contributed by atoms with Gasteiger partial charge in [0.1, 0.15) is 5.82 Å². The average Bonchev–Trinajstić information content (AvgIpc) is 2.86. The number of sulfonamides is 1. The van der Waals surface area contributed by atoms with Crippen molar-refractivity contribution in [2.24, 2.45) is 0 Å². The standard InChI is InChI=1S/C12H9BrFNO5S/c1-6-4-8(14)7(13)5-9(6)15-21(18,19)11-3-2-10(20-11)12(16)17/h2-5,15H,1H3,(H,16,17). The molecule has 2 rings (SSSR count). The summed E-state index contributed by atoms with van der Waals surface area (Å²) in [5.41, 5.74) is 0.515. The van der Waals surface area contributed by atoms with Gasteiger partial charge in [-0.3, -0.25) is 4.72 Å². The normalized spacial score (nSPS) is 11.4. The fourth-order valence-electron chi connectivity index (χ4n) is 1.53. The van der Waals surface area contributed by atoms with E-state index in [0.29, 0.717) is 5.56 Å². The van der Waals surface area contributed by atoms with Crippen LogP contribution in [-0.4, -0.2) is 19.5 Å². The molecule has 1 aromatic carbocycles. The summed E-state index contributed by atoms with van der Waals surface area (Å²) in [7, 11) is -4.10. The SMILES string of the molecule is Cc1cc(F)c(Br)cc1NS(=O)(=O)c1ccc(C(=O)O)o1. The van der Waals surface area contributed by atoms with E-state index in [0.717, 1.165) is 18.2 Å². The first-order chi connectivity index (χ1) is 9.70. The van der Waals surface area contributed by atoms with Gasteiger partial charge in [-0.2, -0.15) is 8.42 Å². The maximum absolute atomic E-state index is 13.3. The van der Waals surface area contributed by atoms with E-state index in [4.69, 9.17) is 9.52 Å². The van der Waals surface area contributed by atoms with E-state index in [1.165, 1.54) is 13.0 Å². The smallest absolute Gasteiger partial charge is 0.371 e. The van der Waals surface area contributed by atoms with Crippen LogP contribution in [0, 0.1) is 12.7 Å². The molecule has 0 bridgehead atoms. The number of aryl methyl sites for hydroxylation is 1. The fraction of sp³-hybridized carbons (Fsp3) is 0.0833. The number of hydrogen-bond donors (Lipinski definition) is 2. The third-order valence-corrected chi connectivity index (χ3v) is 4.41. The summed E-state index contributed by atoms with van der Waals surface area (Å²) < 4.78 is 44.5. The second-order valence-electron chi connectivity index (χ2n) is 4.11. The molecule has 0 amide bonds. The second-order valence-corrected chi connectivity index (χ2v) is 6.58. The largest absolute Gasteiger partial charge is 0.475 e. The van der Waals surface area contributed by atoms with Crippen LogP contribution in [0.4, 0.5) is 10.1 Å². The number of anilines is 1. The number of halogens is 2. The quantitative estimate of drug-likeness (QED) is 0.853. The highest BCUT2D eigenvalue weighted by Crippen LogP contribution is 2.26. The first kappa shape index (κ1) is 15.5. The van der Waals surface area contributed by atoms with E-state index in [1.54, 1.807) is 0 Å². The summed E-state index contributed by atoms with van der Waals surface area (Å²) in [6, 6.07) is 4.49. The Balaban J connectivity index is 2.37. The Labute approximate surface area is 127 Å². The lowest BCUT2D eigenvalue weighted by molar-refractivity contribution is 0.0656. The summed E-state index contributed by atoms with van der Waals surface area (Å²) in [6.07, 6.45) is 0. The zero-order chi connectivity index (χ0) is 15.8. The first-order valence-corrected chi connectivity index (χ1v) is 7.80. The van der Waals surface area contributed by atoms with E-state index in [-0.39, 0.29) is 10.2 Å². The van der Waals surface area contributed by atoms with Crippen LogP contribution < -0.4 is 4.72 Å². The number of aromatic carboxylic acids is 1. The minimum Gasteiger partial charge on any atom is -0.475 e. The number of hydrogen-bond acceptors (Lipinski definition) is 4. The summed E-state index contributed by atoms with van der Waals surface area (Å²) in [5.74, 6) is -2.40. The Morgan fingerprint density at radius 1 is 1.38 bits per heavy atom. The number of furan rings is 1. The maximum atomic E-state index is 13.3. The van der Waals surface area contributed by atoms with Gasteiger partial charge in [-0.1, -0.05) is 0 Å². The molecule has 0 aliphatic heterocycles. The van der Waals surface area contributed by atoms with Gasteiger partial charge in [0.2, 0.25) is 10.9 Å². The van der Waals surface area contributed by atoms with Gasteiger partial charge in [0.15, 0.2) is 0 Å². The average molecular weight is 378 g/mol. The fourth-order valence-corrected chi connectivity index (χ4v) is 2.93. The molecule has 0 aliphatic rings. The van der Waals surface area contributed by atoms with Crippen LogP contribution in [0.2, 0.25) is 0 Å². The van der Waals surface area contributed by atoms with Crippen molar-refractivity contribution in [3.63, 3.8) is 0 Å². The van der Waals surface area contributed by atoms with Gasteiger partial charge in [-0.25, -0.2) is 9.18 Å². The van der Waals surface area contributed by atoms with Gasteiger partial charge >= 0.3 is 5.97 Å². The molecular weight excluding hydrogens is 369 g/mol. The number of benzene rings is 1. The molecule has 0 unspecified atom stereocenters. The summed E-state index contributed by atoms with van der Waals surface area (Å²) >= 11 is 2.96. The molecule has 0 aliphatic carbocycles. The summed E-state index contributed by atoms with van der Waals surface area (Å²) in [4.78, 5) is 10.7. The van der Waals surface area contributed by atoms with Crippen LogP contribution in [0.25, 0.3) is 0 Å². The topological polar surface area (TPSA) is 96.6 Å². The predicted molar refractivity (Wildman–Crippen MR) is 75.3 cm³/mol. The number of carbonyl (C=O) groups is 1. The van der Waals surface area contributed by atoms with Crippen molar-refractivity contribution in [1.82, 2.24) is 0 Å². The number of nitrogens with one attached hydrogen (secondary N) is 1. The van der Waals surface area contributed by atoms with Crippen molar-refractivity contribution in [2.45, 2.75) is 12.0 Å². The summed E-state index contributed by atoms with van der Waals surface area (Å²) in [5, 5.41) is 8.17. The Morgan fingerprint density at radius 2 is 2.05 bits per heavy atom. The first-order valence-electron chi connectivity index (χ1n) is 5.52. The van der Waals surface area contributed by atoms with Gasteiger partial charge in [0, 0.05) is 0 Å². The third-order valence-electron chi connectivity index (χ3n) is 2.57. The lowest BCUT2D eigenvalue weighted by Gasteiger charge is -2.09. The molecule has 0 saturated heterocycles. The minimum atomic E-state index is -4.10. The lowest BCUT2D eigenvalue weighted by atomic mass is 10.2. The highest BCUT2D eigenvalue weighted by atomic mass is 79.9. The molecule has 0 atom stereocenters. The number of carboxylic acid groups (broad SMARTS) is 1. The van der Waals surface area contributed by atoms with Crippen LogP contribution in [0.3, 0.4) is 0 Å². The molecule has 9 heteroatoms. The molecular formula is C12H9BrFNO5S. The van der Waals surface area contributed by atoms with Crippen molar-refractivity contribution in [1.29, 1.82) is 0 Å². The van der Waals surface area contributed by atoms with E-state index in [2.05, 4.69) is 20.7 Å². The molecule has 2 aromatic rings. The molecule has 0 spiro atoms. The highest BCUT2D eigenvalue weighted by molar-refractivity contribution is 9.10. The van der Waals surface area contributed by atoms with Crippen LogP contribution in [0.1, 0.15) is 16.1 Å². The van der Waals surface area contributed by atoms with Crippen molar-refractivity contribution in [2.75, 3.05) is 4.72 Å². The van der Waals surface area contributed by atoms with Crippen molar-refractivity contribution in [3.05, 3.63) is 45.9 Å². The van der Waals surface area contributed by atoms with Gasteiger partial charge < -0.3 is 9.52 Å². The second kappa shape index (κ2) is 5.49. The minimum absolute atomic E-state index is 0.0940. The number of carboxylic acids is 1. The van der Waals surface area contributed by atoms with E-state index >= 15 is 0 Å². The zero-order valence-corrected chi connectivity index (χ0v) is 13.0. The molecule has 6 nitrogen and oxygen atoms in total. The van der Waals surface area contributed by atoms with E-state index in [1.807, 2.05) is 0 Å². The predicted octanol–water partition coefficient (Wildman–Crippen LogP) is 2.99. The van der Waals surface area contributed by atoms with E-state index in [9.17, 15) is 17.6 Å². The van der Waals surface area contributed by atoms with E-state index < -0.39 is 32.7 Å². The monoisotopic (exact) mass is 377 g/mol. The maximum Gasteiger partial charge on any atom is 0.371 e. The number of rotatable bonds is 4. The molecule has 0 saturated carbocycles. The molecule has 1 heterocycles. The molecule has 112 valence electrons. The molecule has 21 heavy (non-hydrogen) atoms. The summed E-state index contributed by atoms with van der Waals surface area (Å²) in [6.45, 7) is 1.53. The Bertz CT molecular complexity index is 815. The Kier molecular flexibility index (Phi) is 4.06. The highest BCUT2D eigenvalue weighted by Gasteiger charge is 2.22. The molecule has 0 radical (unpaired) electrons. The van der Waals surface area contributed by atoms with Crippen LogP contribution in [-0.2, 0) is 10.0 Å². The third kappa shape index (κ3) is 3.24. The van der Waals surface area contributed by atoms with Gasteiger partial charge in [-0.05, 0) is 52.7 Å². The Hall–Kier alpha value is -1.87. The molecule has 0 fully saturated rings.